The molecule has 1 aliphatic heterocycles. The molecule has 0 saturated heterocycles. The molecule has 2 aromatic heterocycles. The molecule has 0 fully saturated rings. The molecular formula is C49H46N4S. The van der Waals surface area contributed by atoms with Crippen molar-refractivity contribution in [2.45, 2.75) is 81.4 Å². The fraction of sp³-hybridized carbons (Fsp3) is 0.224. The van der Waals surface area contributed by atoms with Gasteiger partial charge in [-0.3, -0.25) is 4.98 Å². The Kier molecular flexibility index (Phi) is 7.85. The summed E-state index contributed by atoms with van der Waals surface area (Å²) in [6, 6.07) is 47.6. The van der Waals surface area contributed by atoms with Gasteiger partial charge in [-0.05, 0) is 124 Å². The summed E-state index contributed by atoms with van der Waals surface area (Å²) >= 11 is 1.83. The summed E-state index contributed by atoms with van der Waals surface area (Å²) in [6.45, 7) is 18.0. The molecule has 0 radical (unpaired) electrons. The van der Waals surface area contributed by atoms with Crippen LogP contribution in [0.3, 0.4) is 0 Å². The van der Waals surface area contributed by atoms with Crippen molar-refractivity contribution in [3.8, 4) is 16.8 Å². The highest BCUT2D eigenvalue weighted by molar-refractivity contribution is 7.99. The van der Waals surface area contributed by atoms with Crippen LogP contribution in [0.5, 0.6) is 0 Å². The molecule has 4 nitrogen and oxygen atoms in total. The van der Waals surface area contributed by atoms with Crippen molar-refractivity contribution < 1.29 is 0 Å². The van der Waals surface area contributed by atoms with Crippen LogP contribution < -0.4 is 4.90 Å². The second kappa shape index (κ2) is 12.3. The Labute approximate surface area is 323 Å². The lowest BCUT2D eigenvalue weighted by Gasteiger charge is -2.37. The zero-order valence-electron chi connectivity index (χ0n) is 32.4. The molecular weight excluding hydrogens is 677 g/mol. The summed E-state index contributed by atoms with van der Waals surface area (Å²) in [5.41, 5.74) is 15.9. The van der Waals surface area contributed by atoms with Crippen molar-refractivity contribution in [3.05, 3.63) is 178 Å². The van der Waals surface area contributed by atoms with Gasteiger partial charge >= 0.3 is 0 Å². The SMILES string of the molecule is Cc1cc(C)n(-c2ccc3c(c2)N(c2cccc(C4(c5ccccn5)c5cc(C(C)(C)C)ccc5-c5ccc(C(C)(C)C)cc54)c2)c2ccccc2S3)n1. The molecule has 1 aliphatic carbocycles. The average molecular weight is 723 g/mol. The van der Waals surface area contributed by atoms with E-state index >= 15 is 0 Å². The predicted octanol–water partition coefficient (Wildman–Crippen LogP) is 12.8. The fourth-order valence-electron chi connectivity index (χ4n) is 8.50. The van der Waals surface area contributed by atoms with Crippen molar-refractivity contribution in [3.63, 3.8) is 0 Å². The molecule has 54 heavy (non-hydrogen) atoms. The Morgan fingerprint density at radius 1 is 0.574 bits per heavy atom. The minimum atomic E-state index is -0.650. The van der Waals surface area contributed by atoms with E-state index in [-0.39, 0.29) is 10.8 Å². The second-order valence-corrected chi connectivity index (χ2v) is 18.0. The van der Waals surface area contributed by atoms with Crippen LogP contribution in [0.15, 0.2) is 143 Å². The van der Waals surface area contributed by atoms with Gasteiger partial charge in [0, 0.05) is 27.4 Å². The van der Waals surface area contributed by atoms with Gasteiger partial charge in [0.25, 0.3) is 0 Å². The molecule has 0 saturated carbocycles. The van der Waals surface area contributed by atoms with Gasteiger partial charge in [-0.1, -0.05) is 120 Å². The zero-order valence-corrected chi connectivity index (χ0v) is 33.2. The van der Waals surface area contributed by atoms with Gasteiger partial charge in [-0.15, -0.1) is 0 Å². The normalized spacial score (nSPS) is 14.3. The minimum Gasteiger partial charge on any atom is -0.308 e. The van der Waals surface area contributed by atoms with Gasteiger partial charge in [0.05, 0.1) is 33.9 Å². The lowest BCUT2D eigenvalue weighted by molar-refractivity contribution is 0.585. The van der Waals surface area contributed by atoms with Gasteiger partial charge in [-0.25, -0.2) is 4.68 Å². The van der Waals surface area contributed by atoms with E-state index in [1.54, 1.807) is 0 Å². The van der Waals surface area contributed by atoms with Gasteiger partial charge in [0.2, 0.25) is 0 Å². The number of aryl methyl sites for hydroxylation is 2. The molecule has 0 amide bonds. The monoisotopic (exact) mass is 722 g/mol. The smallest absolute Gasteiger partial charge is 0.0886 e. The highest BCUT2D eigenvalue weighted by Crippen LogP contribution is 2.58. The van der Waals surface area contributed by atoms with Crippen LogP contribution in [0.25, 0.3) is 16.8 Å². The van der Waals surface area contributed by atoms with Crippen LogP contribution in [-0.4, -0.2) is 14.8 Å². The number of aromatic nitrogens is 3. The minimum absolute atomic E-state index is 0.0276. The van der Waals surface area contributed by atoms with E-state index < -0.39 is 5.41 Å². The van der Waals surface area contributed by atoms with E-state index in [0.29, 0.717) is 0 Å². The topological polar surface area (TPSA) is 34.0 Å². The third kappa shape index (κ3) is 5.35. The Morgan fingerprint density at radius 3 is 1.87 bits per heavy atom. The molecule has 0 spiro atoms. The maximum atomic E-state index is 5.23. The molecule has 0 N–H and O–H groups in total. The molecule has 7 aromatic rings. The van der Waals surface area contributed by atoms with Crippen LogP contribution in [-0.2, 0) is 16.2 Å². The molecule has 0 atom stereocenters. The van der Waals surface area contributed by atoms with Gasteiger partial charge in [0.1, 0.15) is 0 Å². The number of pyridine rings is 1. The molecule has 268 valence electrons. The lowest BCUT2D eigenvalue weighted by atomic mass is 9.68. The molecule has 0 bridgehead atoms. The fourth-order valence-corrected chi connectivity index (χ4v) is 9.54. The average Bonchev–Trinajstić information content (AvgIpc) is 3.66. The van der Waals surface area contributed by atoms with E-state index in [9.17, 15) is 0 Å². The van der Waals surface area contributed by atoms with Crippen molar-refractivity contribution in [2.24, 2.45) is 0 Å². The standard InChI is InChI=1S/C49H46N4S/c1-31-26-32(2)53(51-31)37-21-24-45-43(30-37)52(42-16-9-10-17-44(42)54-45)36-15-13-14-35(27-36)49(46-18-11-12-25-50-46)40-28-33(47(3,4)5)19-22-38(40)39-23-20-34(29-41(39)49)48(6,7)8/h9-30H,1-8H3. The first-order valence-corrected chi connectivity index (χ1v) is 19.7. The first kappa shape index (κ1) is 34.4. The highest BCUT2D eigenvalue weighted by atomic mass is 32.2. The van der Waals surface area contributed by atoms with Gasteiger partial charge in [-0.2, -0.15) is 5.10 Å². The van der Waals surface area contributed by atoms with Crippen molar-refractivity contribution in [1.82, 2.24) is 14.8 Å². The Hall–Kier alpha value is -5.39. The first-order chi connectivity index (χ1) is 25.8. The lowest BCUT2D eigenvalue weighted by Crippen LogP contribution is -2.31. The Morgan fingerprint density at radius 2 is 1.24 bits per heavy atom. The summed E-state index contributed by atoms with van der Waals surface area (Å²) in [4.78, 5) is 10.1. The molecule has 5 aromatic carbocycles. The van der Waals surface area contributed by atoms with Crippen LogP contribution in [0.2, 0.25) is 0 Å². The number of fused-ring (bicyclic) bond motifs is 5. The van der Waals surface area contributed by atoms with Gasteiger partial charge < -0.3 is 4.90 Å². The molecule has 2 aliphatic rings. The van der Waals surface area contributed by atoms with E-state index in [0.717, 1.165) is 34.1 Å². The number of nitrogens with zero attached hydrogens (tertiary/aromatic N) is 4. The van der Waals surface area contributed by atoms with E-state index in [1.165, 1.54) is 54.4 Å². The number of anilines is 3. The van der Waals surface area contributed by atoms with E-state index in [4.69, 9.17) is 10.1 Å². The highest BCUT2D eigenvalue weighted by Gasteiger charge is 2.48. The van der Waals surface area contributed by atoms with Gasteiger partial charge in [0.15, 0.2) is 0 Å². The number of hydrogen-bond acceptors (Lipinski definition) is 4. The predicted molar refractivity (Wildman–Crippen MR) is 224 cm³/mol. The second-order valence-electron chi connectivity index (χ2n) is 16.9. The molecule has 5 heteroatoms. The first-order valence-electron chi connectivity index (χ1n) is 18.9. The summed E-state index contributed by atoms with van der Waals surface area (Å²) < 4.78 is 2.05. The van der Waals surface area contributed by atoms with Crippen LogP contribution in [0.1, 0.15) is 86.4 Å². The zero-order chi connectivity index (χ0) is 37.6. The number of hydrogen-bond donors (Lipinski definition) is 0. The van der Waals surface area contributed by atoms with Crippen LogP contribution in [0.4, 0.5) is 17.1 Å². The molecule has 0 unspecified atom stereocenters. The third-order valence-corrected chi connectivity index (χ3v) is 12.3. The number of para-hydroxylation sites is 1. The van der Waals surface area contributed by atoms with Crippen molar-refractivity contribution >= 4 is 28.8 Å². The summed E-state index contributed by atoms with van der Waals surface area (Å²) in [5, 5.41) is 4.86. The maximum Gasteiger partial charge on any atom is 0.0886 e. The van der Waals surface area contributed by atoms with Crippen LogP contribution in [0, 0.1) is 13.8 Å². The number of rotatable bonds is 4. The van der Waals surface area contributed by atoms with Crippen LogP contribution >= 0.6 is 11.8 Å². The Balaban J connectivity index is 1.34. The summed E-state index contributed by atoms with van der Waals surface area (Å²) in [6.07, 6.45) is 1.95. The van der Waals surface area contributed by atoms with E-state index in [1.807, 2.05) is 24.0 Å². The molecule has 9 rings (SSSR count). The Bertz CT molecular complexity index is 2520. The number of benzene rings is 5. The third-order valence-electron chi connectivity index (χ3n) is 11.2. The molecule has 3 heterocycles. The van der Waals surface area contributed by atoms with E-state index in [2.05, 4.69) is 186 Å². The van der Waals surface area contributed by atoms with Crippen molar-refractivity contribution in [2.75, 3.05) is 4.90 Å². The quantitative estimate of drug-likeness (QED) is 0.181. The summed E-state index contributed by atoms with van der Waals surface area (Å²) in [5.74, 6) is 0. The van der Waals surface area contributed by atoms with Crippen molar-refractivity contribution in [1.29, 1.82) is 0 Å². The maximum absolute atomic E-state index is 5.23. The summed E-state index contributed by atoms with van der Waals surface area (Å²) in [7, 11) is 0. The largest absolute Gasteiger partial charge is 0.308 e.